The molecule has 2 aromatic rings. The van der Waals surface area contributed by atoms with Crippen molar-refractivity contribution >= 4 is 49.1 Å². The van der Waals surface area contributed by atoms with Gasteiger partial charge in [-0.2, -0.15) is 0 Å². The second-order valence-electron chi connectivity index (χ2n) is 5.25. The molecular formula is C16H15BrClFN2O3S. The lowest BCUT2D eigenvalue weighted by Crippen LogP contribution is -2.28. The number of carbonyl (C=O) groups excluding carboxylic acids is 1. The minimum absolute atomic E-state index is 0.0811. The SMILES string of the molecule is Cc1ccc(NC(=O)CCNS(=O)(=O)c2ccc(F)cc2Br)c(Cl)c1. The van der Waals surface area contributed by atoms with Gasteiger partial charge in [-0.3, -0.25) is 4.79 Å². The van der Waals surface area contributed by atoms with Crippen LogP contribution in [0.3, 0.4) is 0 Å². The Morgan fingerprint density at radius 1 is 1.24 bits per heavy atom. The third-order valence-electron chi connectivity index (χ3n) is 3.23. The van der Waals surface area contributed by atoms with Crippen molar-refractivity contribution in [1.29, 1.82) is 0 Å². The Morgan fingerprint density at radius 3 is 2.60 bits per heavy atom. The van der Waals surface area contributed by atoms with Gasteiger partial charge in [-0.05, 0) is 58.7 Å². The molecule has 2 aromatic carbocycles. The molecule has 0 aliphatic carbocycles. The number of rotatable bonds is 6. The van der Waals surface area contributed by atoms with Crippen LogP contribution in [0.25, 0.3) is 0 Å². The number of hydrogen-bond acceptors (Lipinski definition) is 3. The van der Waals surface area contributed by atoms with Crippen molar-refractivity contribution in [3.63, 3.8) is 0 Å². The predicted octanol–water partition coefficient (Wildman–Crippen LogP) is 3.86. The standard InChI is InChI=1S/C16H15BrClFN2O3S/c1-10-2-4-14(13(18)8-10)21-16(22)6-7-20-25(23,24)15-5-3-11(19)9-12(15)17/h2-5,8-9,20H,6-7H2,1H3,(H,21,22). The highest BCUT2D eigenvalue weighted by molar-refractivity contribution is 9.10. The van der Waals surface area contributed by atoms with E-state index in [2.05, 4.69) is 26.0 Å². The molecule has 0 unspecified atom stereocenters. The fourth-order valence-electron chi connectivity index (χ4n) is 2.00. The monoisotopic (exact) mass is 448 g/mol. The van der Waals surface area contributed by atoms with E-state index in [4.69, 9.17) is 11.6 Å². The van der Waals surface area contributed by atoms with E-state index in [1.807, 2.05) is 6.92 Å². The number of nitrogens with one attached hydrogen (secondary N) is 2. The Morgan fingerprint density at radius 2 is 1.96 bits per heavy atom. The zero-order valence-electron chi connectivity index (χ0n) is 13.1. The van der Waals surface area contributed by atoms with Crippen LogP contribution >= 0.6 is 27.5 Å². The second kappa shape index (κ2) is 8.27. The Balaban J connectivity index is 1.94. The third kappa shape index (κ3) is 5.50. The van der Waals surface area contributed by atoms with Crippen LogP contribution in [0.5, 0.6) is 0 Å². The summed E-state index contributed by atoms with van der Waals surface area (Å²) >= 11 is 9.04. The zero-order valence-corrected chi connectivity index (χ0v) is 16.3. The summed E-state index contributed by atoms with van der Waals surface area (Å²) in [7, 11) is -3.86. The van der Waals surface area contributed by atoms with E-state index >= 15 is 0 Å². The fourth-order valence-corrected chi connectivity index (χ4v) is 4.37. The van der Waals surface area contributed by atoms with Gasteiger partial charge >= 0.3 is 0 Å². The van der Waals surface area contributed by atoms with Crippen molar-refractivity contribution in [2.75, 3.05) is 11.9 Å². The van der Waals surface area contributed by atoms with E-state index in [0.717, 1.165) is 23.8 Å². The Bertz CT molecular complexity index is 906. The maximum Gasteiger partial charge on any atom is 0.241 e. The van der Waals surface area contributed by atoms with Crippen LogP contribution in [-0.2, 0) is 14.8 Å². The molecule has 0 radical (unpaired) electrons. The molecule has 0 fully saturated rings. The second-order valence-corrected chi connectivity index (χ2v) is 8.25. The van der Waals surface area contributed by atoms with E-state index in [-0.39, 0.29) is 28.2 Å². The molecule has 2 rings (SSSR count). The highest BCUT2D eigenvalue weighted by Crippen LogP contribution is 2.23. The summed E-state index contributed by atoms with van der Waals surface area (Å²) in [4.78, 5) is 11.8. The van der Waals surface area contributed by atoms with Gasteiger partial charge < -0.3 is 5.32 Å². The molecule has 134 valence electrons. The van der Waals surface area contributed by atoms with Gasteiger partial charge in [0.2, 0.25) is 15.9 Å². The largest absolute Gasteiger partial charge is 0.325 e. The maximum atomic E-state index is 13.0. The smallest absolute Gasteiger partial charge is 0.241 e. The van der Waals surface area contributed by atoms with Gasteiger partial charge in [-0.15, -0.1) is 0 Å². The van der Waals surface area contributed by atoms with Crippen molar-refractivity contribution in [3.05, 3.63) is 57.3 Å². The summed E-state index contributed by atoms with van der Waals surface area (Å²) < 4.78 is 39.8. The summed E-state index contributed by atoms with van der Waals surface area (Å²) in [5.41, 5.74) is 1.42. The number of amides is 1. The van der Waals surface area contributed by atoms with Gasteiger partial charge in [0, 0.05) is 17.4 Å². The molecule has 0 bridgehead atoms. The van der Waals surface area contributed by atoms with E-state index in [1.165, 1.54) is 0 Å². The third-order valence-corrected chi connectivity index (χ3v) is 5.98. The summed E-state index contributed by atoms with van der Waals surface area (Å²) in [5.74, 6) is -0.938. The van der Waals surface area contributed by atoms with Crippen molar-refractivity contribution in [3.8, 4) is 0 Å². The van der Waals surface area contributed by atoms with Crippen LogP contribution in [0.1, 0.15) is 12.0 Å². The van der Waals surface area contributed by atoms with Crippen LogP contribution in [0, 0.1) is 12.7 Å². The van der Waals surface area contributed by atoms with Crippen molar-refractivity contribution in [1.82, 2.24) is 4.72 Å². The van der Waals surface area contributed by atoms with Crippen LogP contribution in [0.2, 0.25) is 5.02 Å². The average molecular weight is 450 g/mol. The Hall–Kier alpha value is -1.48. The van der Waals surface area contributed by atoms with Crippen molar-refractivity contribution in [2.45, 2.75) is 18.2 Å². The molecule has 0 aromatic heterocycles. The summed E-state index contributed by atoms with van der Waals surface area (Å²) in [6.45, 7) is 1.77. The average Bonchev–Trinajstić information content (AvgIpc) is 2.49. The first-order valence-electron chi connectivity index (χ1n) is 7.20. The number of aryl methyl sites for hydroxylation is 1. The minimum atomic E-state index is -3.86. The van der Waals surface area contributed by atoms with E-state index in [9.17, 15) is 17.6 Å². The van der Waals surface area contributed by atoms with E-state index in [1.54, 1.807) is 18.2 Å². The fraction of sp³-hybridized carbons (Fsp3) is 0.188. The van der Waals surface area contributed by atoms with Gasteiger partial charge in [-0.1, -0.05) is 17.7 Å². The molecule has 25 heavy (non-hydrogen) atoms. The van der Waals surface area contributed by atoms with Crippen molar-refractivity contribution in [2.24, 2.45) is 0 Å². The molecule has 0 heterocycles. The normalized spacial score (nSPS) is 11.4. The molecule has 0 aliphatic rings. The number of sulfonamides is 1. The molecule has 0 saturated carbocycles. The topological polar surface area (TPSA) is 75.3 Å². The van der Waals surface area contributed by atoms with Gasteiger partial charge in [0.15, 0.2) is 0 Å². The first kappa shape index (κ1) is 19.8. The molecule has 9 heteroatoms. The molecule has 0 atom stereocenters. The first-order valence-corrected chi connectivity index (χ1v) is 9.85. The van der Waals surface area contributed by atoms with Crippen LogP contribution in [0.15, 0.2) is 45.8 Å². The molecule has 2 N–H and O–H groups in total. The summed E-state index contributed by atoms with van der Waals surface area (Å²) in [6, 6.07) is 8.44. The molecule has 5 nitrogen and oxygen atoms in total. The summed E-state index contributed by atoms with van der Waals surface area (Å²) in [5, 5.41) is 3.02. The van der Waals surface area contributed by atoms with Crippen LogP contribution < -0.4 is 10.0 Å². The zero-order chi connectivity index (χ0) is 18.6. The quantitative estimate of drug-likeness (QED) is 0.703. The van der Waals surface area contributed by atoms with Gasteiger partial charge in [0.05, 0.1) is 15.6 Å². The molecule has 0 spiro atoms. The Labute approximate surface area is 158 Å². The molecule has 1 amide bonds. The minimum Gasteiger partial charge on any atom is -0.325 e. The highest BCUT2D eigenvalue weighted by Gasteiger charge is 2.18. The van der Waals surface area contributed by atoms with Crippen molar-refractivity contribution < 1.29 is 17.6 Å². The number of hydrogen-bond donors (Lipinski definition) is 2. The highest BCUT2D eigenvalue weighted by atomic mass is 79.9. The number of anilines is 1. The van der Waals surface area contributed by atoms with E-state index in [0.29, 0.717) is 10.7 Å². The lowest BCUT2D eigenvalue weighted by molar-refractivity contribution is -0.116. The van der Waals surface area contributed by atoms with Gasteiger partial charge in [0.25, 0.3) is 0 Å². The van der Waals surface area contributed by atoms with E-state index < -0.39 is 15.8 Å². The van der Waals surface area contributed by atoms with Crippen LogP contribution in [0.4, 0.5) is 10.1 Å². The van der Waals surface area contributed by atoms with Gasteiger partial charge in [0.1, 0.15) is 5.82 Å². The summed E-state index contributed by atoms with van der Waals surface area (Å²) in [6.07, 6.45) is -0.0811. The number of carbonyl (C=O) groups is 1. The molecule has 0 saturated heterocycles. The Kier molecular flexibility index (Phi) is 6.56. The maximum absolute atomic E-state index is 13.0. The first-order chi connectivity index (χ1) is 11.7. The lowest BCUT2D eigenvalue weighted by atomic mass is 10.2. The van der Waals surface area contributed by atoms with Gasteiger partial charge in [-0.25, -0.2) is 17.5 Å². The predicted molar refractivity (Wildman–Crippen MR) is 98.7 cm³/mol. The number of benzene rings is 2. The number of halogens is 3. The molecular weight excluding hydrogens is 435 g/mol. The lowest BCUT2D eigenvalue weighted by Gasteiger charge is -2.10. The molecule has 0 aliphatic heterocycles. The van der Waals surface area contributed by atoms with Crippen LogP contribution in [-0.4, -0.2) is 20.9 Å².